The van der Waals surface area contributed by atoms with Gasteiger partial charge in [0.15, 0.2) is 6.29 Å². The van der Waals surface area contributed by atoms with E-state index in [0.29, 0.717) is 0 Å². The molecule has 0 aliphatic heterocycles. The molecule has 3 heteroatoms. The van der Waals surface area contributed by atoms with Crippen LogP contribution < -0.4 is 0 Å². The van der Waals surface area contributed by atoms with Gasteiger partial charge in [-0.05, 0) is 24.6 Å². The topological polar surface area (TPSA) is 30.2 Å². The summed E-state index contributed by atoms with van der Waals surface area (Å²) >= 11 is 1.50. The zero-order chi connectivity index (χ0) is 9.26. The minimum Gasteiger partial charge on any atom is -0.472 e. The summed E-state index contributed by atoms with van der Waals surface area (Å²) in [6, 6.07) is 3.78. The number of aldehydes is 1. The highest BCUT2D eigenvalue weighted by atomic mass is 32.1. The number of rotatable bonds is 2. The second-order valence-electron chi connectivity index (χ2n) is 2.75. The predicted molar refractivity (Wildman–Crippen MR) is 52.1 cm³/mol. The summed E-state index contributed by atoms with van der Waals surface area (Å²) in [5.74, 6) is 0. The van der Waals surface area contributed by atoms with Gasteiger partial charge in [-0.2, -0.15) is 0 Å². The molecule has 2 rings (SSSR count). The number of hydrogen-bond donors (Lipinski definition) is 0. The van der Waals surface area contributed by atoms with Crippen molar-refractivity contribution < 1.29 is 9.21 Å². The van der Waals surface area contributed by atoms with Gasteiger partial charge in [0.2, 0.25) is 0 Å². The zero-order valence-electron chi connectivity index (χ0n) is 7.11. The van der Waals surface area contributed by atoms with Crippen molar-refractivity contribution in [2.24, 2.45) is 0 Å². The van der Waals surface area contributed by atoms with Crippen LogP contribution in [-0.4, -0.2) is 6.29 Å². The molecule has 13 heavy (non-hydrogen) atoms. The van der Waals surface area contributed by atoms with E-state index in [1.54, 1.807) is 12.5 Å². The standard InChI is InChI=1S/C10H8O2S/c1-7-10(4-9(5-11)13-7)8-2-3-12-6-8/h2-6H,1H3. The minimum absolute atomic E-state index is 0.758. The second-order valence-corrected chi connectivity index (χ2v) is 4.04. The fraction of sp³-hybridized carbons (Fsp3) is 0.100. The maximum absolute atomic E-state index is 10.5. The lowest BCUT2D eigenvalue weighted by atomic mass is 10.1. The van der Waals surface area contributed by atoms with Crippen molar-refractivity contribution >= 4 is 17.6 Å². The van der Waals surface area contributed by atoms with Crippen LogP contribution in [0.3, 0.4) is 0 Å². The van der Waals surface area contributed by atoms with Gasteiger partial charge >= 0.3 is 0 Å². The van der Waals surface area contributed by atoms with Gasteiger partial charge in [0.25, 0.3) is 0 Å². The van der Waals surface area contributed by atoms with E-state index >= 15 is 0 Å². The Balaban J connectivity index is 2.52. The molecule has 2 heterocycles. The highest BCUT2D eigenvalue weighted by molar-refractivity contribution is 7.14. The Kier molecular flexibility index (Phi) is 2.02. The third-order valence-corrected chi connectivity index (χ3v) is 2.86. The quantitative estimate of drug-likeness (QED) is 0.684. The number of aryl methyl sites for hydroxylation is 1. The summed E-state index contributed by atoms with van der Waals surface area (Å²) in [5.41, 5.74) is 2.11. The van der Waals surface area contributed by atoms with Crippen molar-refractivity contribution in [1.29, 1.82) is 0 Å². The van der Waals surface area contributed by atoms with Gasteiger partial charge < -0.3 is 4.42 Å². The van der Waals surface area contributed by atoms with E-state index in [-0.39, 0.29) is 0 Å². The van der Waals surface area contributed by atoms with Gasteiger partial charge in [0.05, 0.1) is 17.4 Å². The molecule has 0 aliphatic rings. The van der Waals surface area contributed by atoms with E-state index < -0.39 is 0 Å². The van der Waals surface area contributed by atoms with Gasteiger partial charge in [-0.15, -0.1) is 11.3 Å². The SMILES string of the molecule is Cc1sc(C=O)cc1-c1ccoc1. The average molecular weight is 192 g/mol. The normalized spacial score (nSPS) is 10.2. The van der Waals surface area contributed by atoms with Crippen molar-refractivity contribution in [3.63, 3.8) is 0 Å². The molecule has 2 aromatic heterocycles. The van der Waals surface area contributed by atoms with E-state index in [9.17, 15) is 4.79 Å². The maximum atomic E-state index is 10.5. The van der Waals surface area contributed by atoms with Crippen molar-refractivity contribution in [3.8, 4) is 11.1 Å². The Morgan fingerprint density at radius 3 is 2.92 bits per heavy atom. The molecular formula is C10H8O2S. The number of furan rings is 1. The van der Waals surface area contributed by atoms with Gasteiger partial charge in [-0.3, -0.25) is 4.79 Å². The molecule has 2 aromatic rings. The van der Waals surface area contributed by atoms with Crippen molar-refractivity contribution in [1.82, 2.24) is 0 Å². The first-order valence-corrected chi connectivity index (χ1v) is 4.71. The number of thiophene rings is 1. The second kappa shape index (κ2) is 3.18. The smallest absolute Gasteiger partial charge is 0.160 e. The van der Waals surface area contributed by atoms with Crippen molar-refractivity contribution in [2.75, 3.05) is 0 Å². The molecule has 0 radical (unpaired) electrons. The zero-order valence-corrected chi connectivity index (χ0v) is 7.93. The Bertz CT molecular complexity index is 412. The highest BCUT2D eigenvalue weighted by Crippen LogP contribution is 2.30. The van der Waals surface area contributed by atoms with Crippen LogP contribution in [0.1, 0.15) is 14.5 Å². The fourth-order valence-corrected chi connectivity index (χ4v) is 2.13. The molecule has 2 nitrogen and oxygen atoms in total. The third kappa shape index (κ3) is 1.42. The summed E-state index contributed by atoms with van der Waals surface area (Å²) < 4.78 is 4.98. The molecule has 0 N–H and O–H groups in total. The molecule has 0 bridgehead atoms. The summed E-state index contributed by atoms with van der Waals surface area (Å²) in [7, 11) is 0. The Hall–Kier alpha value is -1.35. The molecule has 0 fully saturated rings. The van der Waals surface area contributed by atoms with Crippen LogP contribution in [0.5, 0.6) is 0 Å². The van der Waals surface area contributed by atoms with Gasteiger partial charge in [0.1, 0.15) is 0 Å². The van der Waals surface area contributed by atoms with Crippen LogP contribution >= 0.6 is 11.3 Å². The molecular weight excluding hydrogens is 184 g/mol. The van der Waals surface area contributed by atoms with Gasteiger partial charge in [-0.1, -0.05) is 0 Å². The first-order chi connectivity index (χ1) is 6.31. The lowest BCUT2D eigenvalue weighted by Gasteiger charge is -1.91. The van der Waals surface area contributed by atoms with Gasteiger partial charge in [-0.25, -0.2) is 0 Å². The number of carbonyl (C=O) groups excluding carboxylic acids is 1. The van der Waals surface area contributed by atoms with Crippen LogP contribution in [0.2, 0.25) is 0 Å². The molecule has 0 spiro atoms. The lowest BCUT2D eigenvalue weighted by Crippen LogP contribution is -1.70. The van der Waals surface area contributed by atoms with E-state index in [1.165, 1.54) is 11.3 Å². The number of hydrogen-bond acceptors (Lipinski definition) is 3. The van der Waals surface area contributed by atoms with E-state index in [2.05, 4.69) is 0 Å². The van der Waals surface area contributed by atoms with Crippen LogP contribution in [0.15, 0.2) is 29.1 Å². The molecule has 66 valence electrons. The first kappa shape index (κ1) is 8.26. The number of carbonyl (C=O) groups is 1. The van der Waals surface area contributed by atoms with Crippen LogP contribution in [0.25, 0.3) is 11.1 Å². The summed E-state index contributed by atoms with van der Waals surface area (Å²) in [6.45, 7) is 2.00. The lowest BCUT2D eigenvalue weighted by molar-refractivity contribution is 0.112. The van der Waals surface area contributed by atoms with E-state index in [4.69, 9.17) is 4.42 Å². The Morgan fingerprint density at radius 1 is 1.54 bits per heavy atom. The predicted octanol–water partition coefficient (Wildman–Crippen LogP) is 3.13. The third-order valence-electron chi connectivity index (χ3n) is 1.89. The molecule has 0 aliphatic carbocycles. The van der Waals surface area contributed by atoms with Crippen LogP contribution in [0.4, 0.5) is 0 Å². The largest absolute Gasteiger partial charge is 0.472 e. The van der Waals surface area contributed by atoms with Gasteiger partial charge in [0, 0.05) is 10.4 Å². The Labute approximate surface area is 79.8 Å². The molecule has 0 amide bonds. The molecule has 0 saturated carbocycles. The molecule has 0 saturated heterocycles. The molecule has 0 atom stereocenters. The van der Waals surface area contributed by atoms with Crippen LogP contribution in [-0.2, 0) is 0 Å². The fourth-order valence-electron chi connectivity index (χ4n) is 1.27. The Morgan fingerprint density at radius 2 is 2.38 bits per heavy atom. The minimum atomic E-state index is 0.758. The van der Waals surface area contributed by atoms with Crippen LogP contribution in [0, 0.1) is 6.92 Å². The van der Waals surface area contributed by atoms with E-state index in [1.807, 2.05) is 19.1 Å². The van der Waals surface area contributed by atoms with Crippen molar-refractivity contribution in [3.05, 3.63) is 34.4 Å². The molecule has 0 aromatic carbocycles. The van der Waals surface area contributed by atoms with E-state index in [0.717, 1.165) is 27.2 Å². The monoisotopic (exact) mass is 192 g/mol. The first-order valence-electron chi connectivity index (χ1n) is 3.89. The summed E-state index contributed by atoms with van der Waals surface area (Å²) in [6.07, 6.45) is 4.19. The van der Waals surface area contributed by atoms with Crippen molar-refractivity contribution in [2.45, 2.75) is 6.92 Å². The maximum Gasteiger partial charge on any atom is 0.160 e. The highest BCUT2D eigenvalue weighted by Gasteiger charge is 2.07. The summed E-state index contributed by atoms with van der Waals surface area (Å²) in [5, 5.41) is 0. The molecule has 0 unspecified atom stereocenters. The summed E-state index contributed by atoms with van der Waals surface area (Å²) in [4.78, 5) is 12.4. The average Bonchev–Trinajstić information content (AvgIpc) is 2.72.